The van der Waals surface area contributed by atoms with E-state index in [1.165, 1.54) is 12.1 Å². The molecule has 0 aliphatic heterocycles. The highest BCUT2D eigenvalue weighted by Crippen LogP contribution is 2.22. The molecule has 1 aromatic carbocycles. The second-order valence-electron chi connectivity index (χ2n) is 4.46. The molecule has 1 aromatic heterocycles. The first-order valence-corrected chi connectivity index (χ1v) is 6.16. The standard InChI is InChI=1S/C14H18FN3/c1-3-7-18-8-6-17-14(18)13(16)12-9-11(15)5-4-10(12)2/h4-6,8-9,13H,3,7,16H2,1-2H3. The monoisotopic (exact) mass is 247 g/mol. The third kappa shape index (κ3) is 2.43. The van der Waals surface area contributed by atoms with E-state index in [9.17, 15) is 4.39 Å². The van der Waals surface area contributed by atoms with Crippen LogP contribution in [-0.2, 0) is 6.54 Å². The maximum Gasteiger partial charge on any atom is 0.130 e. The second kappa shape index (κ2) is 5.31. The third-order valence-corrected chi connectivity index (χ3v) is 3.07. The zero-order valence-electron chi connectivity index (χ0n) is 10.7. The van der Waals surface area contributed by atoms with Gasteiger partial charge in [0.1, 0.15) is 11.6 Å². The summed E-state index contributed by atoms with van der Waals surface area (Å²) in [4.78, 5) is 4.30. The van der Waals surface area contributed by atoms with Crippen molar-refractivity contribution in [2.24, 2.45) is 5.73 Å². The molecule has 0 saturated carbocycles. The van der Waals surface area contributed by atoms with Gasteiger partial charge in [0.15, 0.2) is 0 Å². The molecule has 2 aromatic rings. The number of benzene rings is 1. The lowest BCUT2D eigenvalue weighted by molar-refractivity contribution is 0.601. The predicted octanol–water partition coefficient (Wildman–Crippen LogP) is 2.79. The summed E-state index contributed by atoms with van der Waals surface area (Å²) in [6.07, 6.45) is 4.66. The van der Waals surface area contributed by atoms with Crippen LogP contribution in [0, 0.1) is 12.7 Å². The Morgan fingerprint density at radius 1 is 1.44 bits per heavy atom. The van der Waals surface area contributed by atoms with Gasteiger partial charge in [0.05, 0.1) is 6.04 Å². The Morgan fingerprint density at radius 3 is 2.94 bits per heavy atom. The first kappa shape index (κ1) is 12.8. The van der Waals surface area contributed by atoms with Gasteiger partial charge in [0, 0.05) is 18.9 Å². The molecule has 0 bridgehead atoms. The van der Waals surface area contributed by atoms with Crippen LogP contribution in [0.15, 0.2) is 30.6 Å². The summed E-state index contributed by atoms with van der Waals surface area (Å²) in [5.74, 6) is 0.519. The molecule has 1 unspecified atom stereocenters. The van der Waals surface area contributed by atoms with Crippen molar-refractivity contribution in [2.75, 3.05) is 0 Å². The van der Waals surface area contributed by atoms with Crippen LogP contribution in [0.2, 0.25) is 0 Å². The topological polar surface area (TPSA) is 43.8 Å². The van der Waals surface area contributed by atoms with Crippen LogP contribution >= 0.6 is 0 Å². The smallest absolute Gasteiger partial charge is 0.130 e. The van der Waals surface area contributed by atoms with E-state index < -0.39 is 0 Å². The number of nitrogens with zero attached hydrogens (tertiary/aromatic N) is 2. The van der Waals surface area contributed by atoms with E-state index in [1.54, 1.807) is 12.3 Å². The van der Waals surface area contributed by atoms with Gasteiger partial charge in [-0.1, -0.05) is 13.0 Å². The van der Waals surface area contributed by atoms with Gasteiger partial charge >= 0.3 is 0 Å². The molecule has 0 fully saturated rings. The van der Waals surface area contributed by atoms with Gasteiger partial charge in [-0.2, -0.15) is 0 Å². The number of halogens is 1. The van der Waals surface area contributed by atoms with E-state index in [4.69, 9.17) is 5.73 Å². The Kier molecular flexibility index (Phi) is 3.77. The summed E-state index contributed by atoms with van der Waals surface area (Å²) < 4.78 is 15.3. The molecule has 1 atom stereocenters. The van der Waals surface area contributed by atoms with E-state index in [0.29, 0.717) is 0 Å². The maximum atomic E-state index is 13.3. The summed E-state index contributed by atoms with van der Waals surface area (Å²) in [5, 5.41) is 0. The van der Waals surface area contributed by atoms with Crippen LogP contribution in [0.3, 0.4) is 0 Å². The Morgan fingerprint density at radius 2 is 2.22 bits per heavy atom. The summed E-state index contributed by atoms with van der Waals surface area (Å²) in [7, 11) is 0. The van der Waals surface area contributed by atoms with E-state index in [2.05, 4.69) is 11.9 Å². The average Bonchev–Trinajstić information content (AvgIpc) is 2.80. The fraction of sp³-hybridized carbons (Fsp3) is 0.357. The second-order valence-corrected chi connectivity index (χ2v) is 4.46. The van der Waals surface area contributed by atoms with Crippen molar-refractivity contribution in [1.29, 1.82) is 0 Å². The number of aromatic nitrogens is 2. The zero-order chi connectivity index (χ0) is 13.1. The number of hydrogen-bond acceptors (Lipinski definition) is 2. The molecule has 2 N–H and O–H groups in total. The summed E-state index contributed by atoms with van der Waals surface area (Å²) in [6.45, 7) is 4.90. The zero-order valence-corrected chi connectivity index (χ0v) is 10.7. The molecule has 1 heterocycles. The van der Waals surface area contributed by atoms with Crippen LogP contribution in [0.5, 0.6) is 0 Å². The number of imidazole rings is 1. The van der Waals surface area contributed by atoms with Crippen LogP contribution in [0.4, 0.5) is 4.39 Å². The number of nitrogens with two attached hydrogens (primary N) is 1. The Hall–Kier alpha value is -1.68. The highest BCUT2D eigenvalue weighted by atomic mass is 19.1. The van der Waals surface area contributed by atoms with Crippen LogP contribution < -0.4 is 5.73 Å². The lowest BCUT2D eigenvalue weighted by Crippen LogP contribution is -2.19. The summed E-state index contributed by atoms with van der Waals surface area (Å²) in [6, 6.07) is 4.30. The minimum atomic E-state index is -0.387. The summed E-state index contributed by atoms with van der Waals surface area (Å²) >= 11 is 0. The minimum absolute atomic E-state index is 0.264. The Bertz CT molecular complexity index is 534. The lowest BCUT2D eigenvalue weighted by Gasteiger charge is -2.16. The van der Waals surface area contributed by atoms with Gasteiger partial charge < -0.3 is 10.3 Å². The molecule has 2 rings (SSSR count). The van der Waals surface area contributed by atoms with Gasteiger partial charge in [0.25, 0.3) is 0 Å². The quantitative estimate of drug-likeness (QED) is 0.902. The molecule has 0 amide bonds. The molecule has 3 nitrogen and oxygen atoms in total. The van der Waals surface area contributed by atoms with Gasteiger partial charge in [-0.3, -0.25) is 0 Å². The van der Waals surface area contributed by atoms with Crippen molar-refractivity contribution in [3.8, 4) is 0 Å². The molecule has 0 aliphatic rings. The van der Waals surface area contributed by atoms with Crippen molar-refractivity contribution in [3.05, 3.63) is 53.4 Å². The molecule has 0 spiro atoms. The highest BCUT2D eigenvalue weighted by molar-refractivity contribution is 5.33. The molecule has 0 aliphatic carbocycles. The van der Waals surface area contributed by atoms with Crippen LogP contribution in [0.25, 0.3) is 0 Å². The van der Waals surface area contributed by atoms with Crippen molar-refractivity contribution in [1.82, 2.24) is 9.55 Å². The molecule has 96 valence electrons. The fourth-order valence-electron chi connectivity index (χ4n) is 2.12. The third-order valence-electron chi connectivity index (χ3n) is 3.07. The average molecular weight is 247 g/mol. The van der Waals surface area contributed by atoms with E-state index in [1.807, 2.05) is 17.7 Å². The first-order chi connectivity index (χ1) is 8.63. The first-order valence-electron chi connectivity index (χ1n) is 6.16. The van der Waals surface area contributed by atoms with Crippen molar-refractivity contribution in [2.45, 2.75) is 32.9 Å². The number of aryl methyl sites for hydroxylation is 2. The van der Waals surface area contributed by atoms with Gasteiger partial charge in [-0.15, -0.1) is 0 Å². The maximum absolute atomic E-state index is 13.3. The lowest BCUT2D eigenvalue weighted by atomic mass is 10.0. The normalized spacial score (nSPS) is 12.7. The van der Waals surface area contributed by atoms with Gasteiger partial charge in [0.2, 0.25) is 0 Å². The minimum Gasteiger partial charge on any atom is -0.333 e. The summed E-state index contributed by atoms with van der Waals surface area (Å²) in [5.41, 5.74) is 7.98. The van der Waals surface area contributed by atoms with Crippen LogP contribution in [0.1, 0.15) is 36.3 Å². The molecular formula is C14H18FN3. The van der Waals surface area contributed by atoms with Crippen molar-refractivity contribution in [3.63, 3.8) is 0 Å². The SMILES string of the molecule is CCCn1ccnc1C(N)c1cc(F)ccc1C. The van der Waals surface area contributed by atoms with E-state index >= 15 is 0 Å². The van der Waals surface area contributed by atoms with Crippen LogP contribution in [-0.4, -0.2) is 9.55 Å². The van der Waals surface area contributed by atoms with Gasteiger partial charge in [-0.05, 0) is 36.6 Å². The molecular weight excluding hydrogens is 229 g/mol. The Labute approximate surface area is 106 Å². The number of hydrogen-bond donors (Lipinski definition) is 1. The molecule has 0 radical (unpaired) electrons. The predicted molar refractivity (Wildman–Crippen MR) is 69.7 cm³/mol. The fourth-order valence-corrected chi connectivity index (χ4v) is 2.12. The number of rotatable bonds is 4. The van der Waals surface area contributed by atoms with Crippen molar-refractivity contribution >= 4 is 0 Å². The Balaban J connectivity index is 2.38. The molecule has 4 heteroatoms. The van der Waals surface area contributed by atoms with Gasteiger partial charge in [-0.25, -0.2) is 9.37 Å². The van der Waals surface area contributed by atoms with E-state index in [0.717, 1.165) is 29.9 Å². The largest absolute Gasteiger partial charge is 0.333 e. The van der Waals surface area contributed by atoms with Crippen molar-refractivity contribution < 1.29 is 4.39 Å². The highest BCUT2D eigenvalue weighted by Gasteiger charge is 2.17. The van der Waals surface area contributed by atoms with E-state index in [-0.39, 0.29) is 11.9 Å². The molecule has 0 saturated heterocycles. The molecule has 18 heavy (non-hydrogen) atoms.